The lowest BCUT2D eigenvalue weighted by Gasteiger charge is -2.45. The van der Waals surface area contributed by atoms with E-state index in [4.69, 9.17) is 0 Å². The number of rotatable bonds is 2. The minimum absolute atomic E-state index is 0.236. The van der Waals surface area contributed by atoms with Gasteiger partial charge in [0.05, 0.1) is 16.9 Å². The maximum atomic E-state index is 14.1. The fourth-order valence-corrected chi connectivity index (χ4v) is 5.91. The Hall–Kier alpha value is -2.71. The zero-order chi connectivity index (χ0) is 20.2. The minimum atomic E-state index is -3.92. The highest BCUT2D eigenvalue weighted by Crippen LogP contribution is 2.44. The summed E-state index contributed by atoms with van der Waals surface area (Å²) >= 11 is 0. The summed E-state index contributed by atoms with van der Waals surface area (Å²) < 4.78 is 57.1. The number of anilines is 1. The normalized spacial score (nSPS) is 18.1. The highest BCUT2D eigenvalue weighted by molar-refractivity contribution is 7.89. The SMILES string of the molecule is O=S(=O)(c1ccccc1F)N1CCC2(CC1)Nc1cc(F)ccc1-n1cccc12. The molecule has 2 aliphatic heterocycles. The Morgan fingerprint density at radius 2 is 1.72 bits per heavy atom. The van der Waals surface area contributed by atoms with E-state index < -0.39 is 21.4 Å². The molecule has 1 spiro atoms. The summed E-state index contributed by atoms with van der Waals surface area (Å²) in [5.74, 6) is -1.08. The summed E-state index contributed by atoms with van der Waals surface area (Å²) in [4.78, 5) is -0.302. The molecule has 2 aromatic carbocycles. The van der Waals surface area contributed by atoms with Crippen LogP contribution in [-0.2, 0) is 15.6 Å². The van der Waals surface area contributed by atoms with Gasteiger partial charge in [-0.25, -0.2) is 17.2 Å². The van der Waals surface area contributed by atoms with Gasteiger partial charge in [0.2, 0.25) is 10.0 Å². The van der Waals surface area contributed by atoms with E-state index in [0.717, 1.165) is 17.4 Å². The topological polar surface area (TPSA) is 54.3 Å². The van der Waals surface area contributed by atoms with E-state index in [0.29, 0.717) is 18.5 Å². The quantitative estimate of drug-likeness (QED) is 0.692. The highest BCUT2D eigenvalue weighted by atomic mass is 32.2. The summed E-state index contributed by atoms with van der Waals surface area (Å²) in [6, 6.07) is 14.0. The average Bonchev–Trinajstić information content (AvgIpc) is 3.19. The Bertz CT molecular complexity index is 1200. The van der Waals surface area contributed by atoms with Gasteiger partial charge >= 0.3 is 0 Å². The number of sulfonamides is 1. The molecule has 0 saturated carbocycles. The Kier molecular flexibility index (Phi) is 4.04. The first-order valence-corrected chi connectivity index (χ1v) is 10.9. The predicted molar refractivity (Wildman–Crippen MR) is 105 cm³/mol. The van der Waals surface area contributed by atoms with E-state index >= 15 is 0 Å². The van der Waals surface area contributed by atoms with Gasteiger partial charge in [-0.1, -0.05) is 12.1 Å². The van der Waals surface area contributed by atoms with Crippen molar-refractivity contribution in [2.75, 3.05) is 18.4 Å². The van der Waals surface area contributed by atoms with Gasteiger partial charge < -0.3 is 9.88 Å². The molecule has 3 aromatic rings. The van der Waals surface area contributed by atoms with E-state index in [1.807, 2.05) is 22.9 Å². The van der Waals surface area contributed by atoms with Crippen molar-refractivity contribution in [3.05, 3.63) is 78.1 Å². The largest absolute Gasteiger partial charge is 0.372 e. The van der Waals surface area contributed by atoms with Crippen LogP contribution in [-0.4, -0.2) is 30.4 Å². The molecule has 0 amide bonds. The fourth-order valence-electron chi connectivity index (χ4n) is 4.40. The van der Waals surface area contributed by atoms with Gasteiger partial charge in [0.15, 0.2) is 0 Å². The Morgan fingerprint density at radius 3 is 2.48 bits per heavy atom. The number of piperidine rings is 1. The lowest BCUT2D eigenvalue weighted by atomic mass is 9.83. The molecule has 3 heterocycles. The summed E-state index contributed by atoms with van der Waals surface area (Å²) in [7, 11) is -3.92. The zero-order valence-corrected chi connectivity index (χ0v) is 16.3. The molecule has 5 rings (SSSR count). The van der Waals surface area contributed by atoms with Crippen molar-refractivity contribution in [2.45, 2.75) is 23.3 Å². The summed E-state index contributed by atoms with van der Waals surface area (Å²) in [5, 5.41) is 3.46. The molecule has 0 unspecified atom stereocenters. The smallest absolute Gasteiger partial charge is 0.245 e. The van der Waals surface area contributed by atoms with Gasteiger partial charge in [-0.2, -0.15) is 4.31 Å². The average molecular weight is 415 g/mol. The van der Waals surface area contributed by atoms with E-state index in [1.54, 1.807) is 6.07 Å². The Morgan fingerprint density at radius 1 is 0.966 bits per heavy atom. The van der Waals surface area contributed by atoms with Crippen LogP contribution in [0.4, 0.5) is 14.5 Å². The molecule has 0 bridgehead atoms. The summed E-state index contributed by atoms with van der Waals surface area (Å²) in [6.45, 7) is 0.471. The standard InChI is InChI=1S/C21H19F2N3O2S/c22-15-7-8-18-17(14-15)24-21(20-6-3-11-26(18)20)9-12-25(13-10-21)29(27,28)19-5-2-1-4-16(19)23/h1-8,11,14,24H,9-10,12-13H2. The molecule has 29 heavy (non-hydrogen) atoms. The summed E-state index contributed by atoms with van der Waals surface area (Å²) in [5.41, 5.74) is 2.04. The molecule has 5 nitrogen and oxygen atoms in total. The number of halogens is 2. The zero-order valence-electron chi connectivity index (χ0n) is 15.5. The fraction of sp³-hybridized carbons (Fsp3) is 0.238. The third-order valence-corrected chi connectivity index (χ3v) is 7.79. The molecule has 1 aromatic heterocycles. The highest BCUT2D eigenvalue weighted by Gasteiger charge is 2.44. The third-order valence-electron chi connectivity index (χ3n) is 5.86. The first-order chi connectivity index (χ1) is 13.9. The molecule has 0 radical (unpaired) electrons. The van der Waals surface area contributed by atoms with Crippen LogP contribution < -0.4 is 5.32 Å². The number of benzene rings is 2. The van der Waals surface area contributed by atoms with E-state index in [9.17, 15) is 17.2 Å². The van der Waals surface area contributed by atoms with Crippen LogP contribution in [0.15, 0.2) is 65.7 Å². The summed E-state index contributed by atoms with van der Waals surface area (Å²) in [6.07, 6.45) is 2.90. The van der Waals surface area contributed by atoms with Crippen LogP contribution in [0, 0.1) is 11.6 Å². The second kappa shape index (κ2) is 6.40. The number of aromatic nitrogens is 1. The molecule has 1 saturated heterocycles. The van der Waals surface area contributed by atoms with Crippen LogP contribution in [0.1, 0.15) is 18.5 Å². The molecule has 2 aliphatic rings. The Balaban J connectivity index is 1.47. The number of hydrogen-bond donors (Lipinski definition) is 1. The van der Waals surface area contributed by atoms with Crippen molar-refractivity contribution < 1.29 is 17.2 Å². The number of nitrogens with zero attached hydrogens (tertiary/aromatic N) is 2. The monoisotopic (exact) mass is 415 g/mol. The first kappa shape index (κ1) is 18.3. The lowest BCUT2D eigenvalue weighted by Crippen LogP contribution is -2.51. The molecule has 150 valence electrons. The van der Waals surface area contributed by atoms with Crippen molar-refractivity contribution in [1.82, 2.24) is 8.87 Å². The lowest BCUT2D eigenvalue weighted by molar-refractivity contribution is 0.247. The molecule has 0 atom stereocenters. The second-order valence-corrected chi connectivity index (χ2v) is 9.37. The third kappa shape index (κ3) is 2.78. The van der Waals surface area contributed by atoms with Gasteiger partial charge in [0.25, 0.3) is 0 Å². The van der Waals surface area contributed by atoms with Gasteiger partial charge in [0.1, 0.15) is 16.5 Å². The van der Waals surface area contributed by atoms with E-state index in [1.165, 1.54) is 34.6 Å². The van der Waals surface area contributed by atoms with Crippen LogP contribution in [0.25, 0.3) is 5.69 Å². The molecule has 8 heteroatoms. The predicted octanol–water partition coefficient (Wildman–Crippen LogP) is 3.86. The second-order valence-electron chi connectivity index (χ2n) is 7.47. The van der Waals surface area contributed by atoms with Crippen molar-refractivity contribution in [3.8, 4) is 5.69 Å². The van der Waals surface area contributed by atoms with Gasteiger partial charge in [-0.3, -0.25) is 0 Å². The number of fused-ring (bicyclic) bond motifs is 4. The van der Waals surface area contributed by atoms with Gasteiger partial charge in [-0.15, -0.1) is 0 Å². The minimum Gasteiger partial charge on any atom is -0.372 e. The van der Waals surface area contributed by atoms with Gasteiger partial charge in [-0.05, 0) is 55.3 Å². The van der Waals surface area contributed by atoms with Crippen molar-refractivity contribution in [2.24, 2.45) is 0 Å². The Labute approximate surface area is 167 Å². The number of nitrogens with one attached hydrogen (secondary N) is 1. The molecule has 0 aliphatic carbocycles. The maximum absolute atomic E-state index is 14.1. The van der Waals surface area contributed by atoms with E-state index in [2.05, 4.69) is 5.32 Å². The van der Waals surface area contributed by atoms with Crippen molar-refractivity contribution in [3.63, 3.8) is 0 Å². The van der Waals surface area contributed by atoms with Crippen LogP contribution in [0.5, 0.6) is 0 Å². The van der Waals surface area contributed by atoms with Crippen molar-refractivity contribution >= 4 is 15.7 Å². The first-order valence-electron chi connectivity index (χ1n) is 9.41. The molecule has 1 fully saturated rings. The van der Waals surface area contributed by atoms with Crippen LogP contribution >= 0.6 is 0 Å². The molecular weight excluding hydrogens is 396 g/mol. The number of hydrogen-bond acceptors (Lipinski definition) is 3. The molecule has 1 N–H and O–H groups in total. The van der Waals surface area contributed by atoms with Crippen LogP contribution in [0.2, 0.25) is 0 Å². The van der Waals surface area contributed by atoms with E-state index in [-0.39, 0.29) is 23.8 Å². The van der Waals surface area contributed by atoms with Crippen LogP contribution in [0.3, 0.4) is 0 Å². The molecular formula is C21H19F2N3O2S. The maximum Gasteiger partial charge on any atom is 0.245 e. The van der Waals surface area contributed by atoms with Crippen molar-refractivity contribution in [1.29, 1.82) is 0 Å². The van der Waals surface area contributed by atoms with Gasteiger partial charge in [0, 0.05) is 25.0 Å².